The Hall–Kier alpha value is -0.0800. The average Bonchev–Trinajstić information content (AvgIpc) is 2.81. The maximum absolute atomic E-state index is 3.50. The van der Waals surface area contributed by atoms with Crippen molar-refractivity contribution in [1.82, 2.24) is 10.2 Å². The largest absolute Gasteiger partial charge is 0.316 e. The van der Waals surface area contributed by atoms with Crippen LogP contribution in [-0.4, -0.2) is 37.1 Å². The van der Waals surface area contributed by atoms with E-state index in [0.717, 1.165) is 23.9 Å². The summed E-state index contributed by atoms with van der Waals surface area (Å²) in [6, 6.07) is 1.62. The van der Waals surface area contributed by atoms with Crippen molar-refractivity contribution in [2.45, 2.75) is 58.0 Å². The molecule has 2 heteroatoms. The molecule has 1 N–H and O–H groups in total. The number of hydrogen-bond acceptors (Lipinski definition) is 2. The second kappa shape index (κ2) is 5.50. The number of hydrogen-bond donors (Lipinski definition) is 1. The van der Waals surface area contributed by atoms with Crippen LogP contribution in [0.15, 0.2) is 0 Å². The predicted octanol–water partition coefficient (Wildman–Crippen LogP) is 2.49. The Morgan fingerprint density at radius 2 is 1.81 bits per heavy atom. The first-order chi connectivity index (χ1) is 7.70. The summed E-state index contributed by atoms with van der Waals surface area (Å²) in [4.78, 5) is 2.78. The Morgan fingerprint density at radius 1 is 1.12 bits per heavy atom. The van der Waals surface area contributed by atoms with Crippen LogP contribution in [0.3, 0.4) is 0 Å². The van der Waals surface area contributed by atoms with Gasteiger partial charge in [-0.25, -0.2) is 0 Å². The van der Waals surface area contributed by atoms with E-state index >= 15 is 0 Å². The van der Waals surface area contributed by atoms with Crippen molar-refractivity contribution < 1.29 is 0 Å². The van der Waals surface area contributed by atoms with Crippen molar-refractivity contribution in [2.24, 2.45) is 11.8 Å². The standard InChI is InChI=1S/C14H28N2/c1-11(2)12-8-13(15-3)10-16(9-12)14-6-4-5-7-14/h11-15H,4-10H2,1-3H3. The first kappa shape index (κ1) is 12.4. The summed E-state index contributed by atoms with van der Waals surface area (Å²) in [5.41, 5.74) is 0. The van der Waals surface area contributed by atoms with Gasteiger partial charge in [-0.05, 0) is 38.1 Å². The van der Waals surface area contributed by atoms with Gasteiger partial charge in [0.2, 0.25) is 0 Å². The third-order valence-electron chi connectivity index (χ3n) is 4.70. The summed E-state index contributed by atoms with van der Waals surface area (Å²) < 4.78 is 0. The molecule has 0 aromatic heterocycles. The van der Waals surface area contributed by atoms with Gasteiger partial charge in [0, 0.05) is 25.2 Å². The van der Waals surface area contributed by atoms with E-state index in [4.69, 9.17) is 0 Å². The van der Waals surface area contributed by atoms with Crippen molar-refractivity contribution in [3.63, 3.8) is 0 Å². The van der Waals surface area contributed by atoms with Gasteiger partial charge in [0.25, 0.3) is 0 Å². The van der Waals surface area contributed by atoms with Gasteiger partial charge in [0.1, 0.15) is 0 Å². The summed E-state index contributed by atoms with van der Waals surface area (Å²) in [6.45, 7) is 7.40. The number of likely N-dealkylation sites (N-methyl/N-ethyl adjacent to an activating group) is 1. The number of rotatable bonds is 3. The van der Waals surface area contributed by atoms with Gasteiger partial charge in [0.15, 0.2) is 0 Å². The topological polar surface area (TPSA) is 15.3 Å². The maximum Gasteiger partial charge on any atom is 0.0195 e. The SMILES string of the molecule is CNC1CC(C(C)C)CN(C2CCCC2)C1. The third-order valence-corrected chi connectivity index (χ3v) is 4.70. The number of nitrogens with zero attached hydrogens (tertiary/aromatic N) is 1. The lowest BCUT2D eigenvalue weighted by atomic mass is 9.85. The zero-order valence-corrected chi connectivity index (χ0v) is 11.2. The minimum Gasteiger partial charge on any atom is -0.316 e. The van der Waals surface area contributed by atoms with Crippen LogP contribution in [0.25, 0.3) is 0 Å². The molecule has 16 heavy (non-hydrogen) atoms. The second-order valence-electron chi connectivity index (χ2n) is 6.12. The molecule has 2 atom stereocenters. The fraction of sp³-hybridized carbons (Fsp3) is 1.00. The van der Waals surface area contributed by atoms with Crippen LogP contribution in [0.2, 0.25) is 0 Å². The number of likely N-dealkylation sites (tertiary alicyclic amines) is 1. The van der Waals surface area contributed by atoms with Crippen molar-refractivity contribution in [3.05, 3.63) is 0 Å². The van der Waals surface area contributed by atoms with Gasteiger partial charge in [0.05, 0.1) is 0 Å². The van der Waals surface area contributed by atoms with Gasteiger partial charge in [-0.1, -0.05) is 26.7 Å². The van der Waals surface area contributed by atoms with Crippen molar-refractivity contribution >= 4 is 0 Å². The van der Waals surface area contributed by atoms with E-state index in [1.807, 2.05) is 0 Å². The predicted molar refractivity (Wildman–Crippen MR) is 69.6 cm³/mol. The van der Waals surface area contributed by atoms with E-state index in [0.29, 0.717) is 0 Å². The highest BCUT2D eigenvalue weighted by atomic mass is 15.2. The molecule has 2 aliphatic rings. The first-order valence-corrected chi connectivity index (χ1v) is 7.12. The fourth-order valence-corrected chi connectivity index (χ4v) is 3.43. The van der Waals surface area contributed by atoms with Gasteiger partial charge >= 0.3 is 0 Å². The van der Waals surface area contributed by atoms with E-state index in [1.165, 1.54) is 45.2 Å². The molecule has 1 saturated heterocycles. The lowest BCUT2D eigenvalue weighted by Gasteiger charge is -2.42. The van der Waals surface area contributed by atoms with Crippen LogP contribution in [0, 0.1) is 11.8 Å². The van der Waals surface area contributed by atoms with Gasteiger partial charge in [-0.15, -0.1) is 0 Å². The first-order valence-electron chi connectivity index (χ1n) is 7.12. The molecular formula is C14H28N2. The van der Waals surface area contributed by atoms with Gasteiger partial charge in [-0.2, -0.15) is 0 Å². The van der Waals surface area contributed by atoms with E-state index in [9.17, 15) is 0 Å². The highest BCUT2D eigenvalue weighted by Crippen LogP contribution is 2.30. The highest BCUT2D eigenvalue weighted by Gasteiger charge is 2.32. The Morgan fingerprint density at radius 3 is 2.38 bits per heavy atom. The molecule has 1 aliphatic carbocycles. The van der Waals surface area contributed by atoms with Crippen LogP contribution in [0.1, 0.15) is 46.0 Å². The van der Waals surface area contributed by atoms with Crippen LogP contribution in [0.4, 0.5) is 0 Å². The molecule has 0 amide bonds. The Labute approximate surface area is 101 Å². The van der Waals surface area contributed by atoms with E-state index < -0.39 is 0 Å². The molecule has 2 unspecified atom stereocenters. The summed E-state index contributed by atoms with van der Waals surface area (Å²) >= 11 is 0. The van der Waals surface area contributed by atoms with Crippen molar-refractivity contribution in [2.75, 3.05) is 20.1 Å². The molecule has 0 radical (unpaired) electrons. The highest BCUT2D eigenvalue weighted by molar-refractivity contribution is 4.88. The summed E-state index contributed by atoms with van der Waals surface area (Å²) in [5.74, 6) is 1.73. The minimum absolute atomic E-state index is 0.724. The van der Waals surface area contributed by atoms with Crippen molar-refractivity contribution in [1.29, 1.82) is 0 Å². The van der Waals surface area contributed by atoms with Gasteiger partial charge in [-0.3, -0.25) is 4.90 Å². The van der Waals surface area contributed by atoms with Crippen LogP contribution in [0.5, 0.6) is 0 Å². The van der Waals surface area contributed by atoms with E-state index in [-0.39, 0.29) is 0 Å². The van der Waals surface area contributed by atoms with Crippen LogP contribution in [-0.2, 0) is 0 Å². The average molecular weight is 224 g/mol. The van der Waals surface area contributed by atoms with Gasteiger partial charge < -0.3 is 5.32 Å². The molecule has 0 spiro atoms. The van der Waals surface area contributed by atoms with E-state index in [1.54, 1.807) is 0 Å². The molecule has 1 aliphatic heterocycles. The second-order valence-corrected chi connectivity index (χ2v) is 6.12. The molecule has 1 heterocycles. The minimum atomic E-state index is 0.724. The molecule has 1 saturated carbocycles. The fourth-order valence-electron chi connectivity index (χ4n) is 3.43. The maximum atomic E-state index is 3.50. The quantitative estimate of drug-likeness (QED) is 0.792. The molecule has 94 valence electrons. The molecular weight excluding hydrogens is 196 g/mol. The zero-order valence-electron chi connectivity index (χ0n) is 11.2. The molecule has 2 nitrogen and oxygen atoms in total. The molecule has 2 rings (SSSR count). The summed E-state index contributed by atoms with van der Waals surface area (Å²) in [5, 5.41) is 3.50. The van der Waals surface area contributed by atoms with Crippen molar-refractivity contribution in [3.8, 4) is 0 Å². The van der Waals surface area contributed by atoms with E-state index in [2.05, 4.69) is 31.1 Å². The Bertz CT molecular complexity index is 209. The zero-order chi connectivity index (χ0) is 11.5. The summed E-state index contributed by atoms with van der Waals surface area (Å²) in [7, 11) is 2.13. The monoisotopic (exact) mass is 224 g/mol. The Kier molecular flexibility index (Phi) is 4.26. The normalized spacial score (nSPS) is 33.8. The summed E-state index contributed by atoms with van der Waals surface area (Å²) in [6.07, 6.45) is 7.18. The lowest BCUT2D eigenvalue weighted by Crippen LogP contribution is -2.52. The molecule has 0 aromatic rings. The molecule has 2 fully saturated rings. The smallest absolute Gasteiger partial charge is 0.0195 e. The Balaban J connectivity index is 1.96. The number of nitrogens with one attached hydrogen (secondary N) is 1. The molecule has 0 bridgehead atoms. The lowest BCUT2D eigenvalue weighted by molar-refractivity contribution is 0.0824. The molecule has 0 aromatic carbocycles. The third kappa shape index (κ3) is 2.78. The number of piperidine rings is 1. The van der Waals surface area contributed by atoms with Crippen LogP contribution >= 0.6 is 0 Å². The van der Waals surface area contributed by atoms with Crippen LogP contribution < -0.4 is 5.32 Å².